The number of carbonyl (C=O) groups is 2. The zero-order valence-corrected chi connectivity index (χ0v) is 9.43. The standard InChI is InChI=1S/C13H12O4/c1-16-12(14)8-4-7-11-9-5-2-3-6-10(9)13(15)17-11/h2-3,5-7H,4,8H2,1H3/b11-7+. The van der Waals surface area contributed by atoms with Crippen molar-refractivity contribution >= 4 is 17.7 Å². The van der Waals surface area contributed by atoms with Crippen molar-refractivity contribution in [2.45, 2.75) is 12.8 Å². The van der Waals surface area contributed by atoms with Gasteiger partial charge in [0.15, 0.2) is 0 Å². The van der Waals surface area contributed by atoms with Crippen LogP contribution in [0, 0.1) is 0 Å². The fourth-order valence-corrected chi connectivity index (χ4v) is 1.66. The molecule has 0 saturated carbocycles. The first-order chi connectivity index (χ1) is 8.22. The average molecular weight is 232 g/mol. The van der Waals surface area contributed by atoms with E-state index in [1.807, 2.05) is 12.1 Å². The molecule has 0 amide bonds. The Balaban J connectivity index is 2.12. The number of fused-ring (bicyclic) bond motifs is 1. The van der Waals surface area contributed by atoms with Crippen LogP contribution in [-0.2, 0) is 14.3 Å². The first-order valence-electron chi connectivity index (χ1n) is 5.31. The van der Waals surface area contributed by atoms with Crippen LogP contribution in [0.3, 0.4) is 0 Å². The number of hydrogen-bond donors (Lipinski definition) is 0. The third-order valence-electron chi connectivity index (χ3n) is 2.52. The second-order valence-electron chi connectivity index (χ2n) is 3.62. The van der Waals surface area contributed by atoms with Gasteiger partial charge in [-0.25, -0.2) is 4.79 Å². The number of ether oxygens (including phenoxy) is 2. The maximum atomic E-state index is 11.5. The molecule has 88 valence electrons. The van der Waals surface area contributed by atoms with E-state index in [-0.39, 0.29) is 18.4 Å². The Hall–Kier alpha value is -2.10. The highest BCUT2D eigenvalue weighted by Gasteiger charge is 2.25. The van der Waals surface area contributed by atoms with Crippen molar-refractivity contribution in [2.24, 2.45) is 0 Å². The van der Waals surface area contributed by atoms with Crippen LogP contribution in [0.1, 0.15) is 28.8 Å². The van der Waals surface area contributed by atoms with Gasteiger partial charge in [0.05, 0.1) is 12.7 Å². The molecule has 0 spiro atoms. The van der Waals surface area contributed by atoms with Crippen molar-refractivity contribution in [2.75, 3.05) is 7.11 Å². The van der Waals surface area contributed by atoms with Crippen LogP contribution >= 0.6 is 0 Å². The number of allylic oxidation sites excluding steroid dienone is 1. The number of methoxy groups -OCH3 is 1. The van der Waals surface area contributed by atoms with E-state index in [0.29, 0.717) is 17.7 Å². The molecule has 1 heterocycles. The minimum atomic E-state index is -0.343. The molecule has 0 bridgehead atoms. The normalized spacial score (nSPS) is 15.6. The Morgan fingerprint density at radius 1 is 1.35 bits per heavy atom. The zero-order chi connectivity index (χ0) is 12.3. The van der Waals surface area contributed by atoms with Gasteiger partial charge in [0, 0.05) is 12.0 Å². The molecule has 1 aromatic carbocycles. The smallest absolute Gasteiger partial charge is 0.344 e. The van der Waals surface area contributed by atoms with Gasteiger partial charge in [-0.05, 0) is 18.6 Å². The van der Waals surface area contributed by atoms with Crippen molar-refractivity contribution in [1.82, 2.24) is 0 Å². The minimum Gasteiger partial charge on any atom is -0.469 e. The molecule has 17 heavy (non-hydrogen) atoms. The molecule has 0 unspecified atom stereocenters. The maximum absolute atomic E-state index is 11.5. The van der Waals surface area contributed by atoms with E-state index < -0.39 is 0 Å². The molecule has 4 nitrogen and oxygen atoms in total. The van der Waals surface area contributed by atoms with Crippen molar-refractivity contribution in [3.05, 3.63) is 41.5 Å². The highest BCUT2D eigenvalue weighted by molar-refractivity contribution is 6.02. The van der Waals surface area contributed by atoms with Crippen LogP contribution in [0.25, 0.3) is 5.76 Å². The van der Waals surface area contributed by atoms with Gasteiger partial charge in [-0.15, -0.1) is 0 Å². The summed E-state index contributed by atoms with van der Waals surface area (Å²) in [6, 6.07) is 7.18. The lowest BCUT2D eigenvalue weighted by atomic mass is 10.1. The molecular formula is C13H12O4. The minimum absolute atomic E-state index is 0.277. The lowest BCUT2D eigenvalue weighted by Crippen LogP contribution is -1.98. The van der Waals surface area contributed by atoms with Gasteiger partial charge in [0.1, 0.15) is 5.76 Å². The van der Waals surface area contributed by atoms with Crippen LogP contribution in [0.4, 0.5) is 0 Å². The van der Waals surface area contributed by atoms with Crippen molar-refractivity contribution in [3.63, 3.8) is 0 Å². The number of hydrogen-bond acceptors (Lipinski definition) is 4. The van der Waals surface area contributed by atoms with Crippen molar-refractivity contribution in [1.29, 1.82) is 0 Å². The van der Waals surface area contributed by atoms with Gasteiger partial charge < -0.3 is 9.47 Å². The molecule has 1 aromatic rings. The predicted octanol–water partition coefficient (Wildman–Crippen LogP) is 2.15. The Bertz CT molecular complexity index is 488. The number of cyclic esters (lactones) is 1. The van der Waals surface area contributed by atoms with Gasteiger partial charge >= 0.3 is 11.9 Å². The molecule has 4 heteroatoms. The fraction of sp³-hybridized carbons (Fsp3) is 0.231. The van der Waals surface area contributed by atoms with Gasteiger partial charge in [-0.1, -0.05) is 18.2 Å². The van der Waals surface area contributed by atoms with Crippen LogP contribution in [-0.4, -0.2) is 19.0 Å². The van der Waals surface area contributed by atoms with E-state index in [2.05, 4.69) is 4.74 Å². The lowest BCUT2D eigenvalue weighted by molar-refractivity contribution is -0.140. The first kappa shape index (κ1) is 11.4. The van der Waals surface area contributed by atoms with Crippen molar-refractivity contribution in [3.8, 4) is 0 Å². The van der Waals surface area contributed by atoms with E-state index in [1.54, 1.807) is 18.2 Å². The summed E-state index contributed by atoms with van der Waals surface area (Å²) in [6.45, 7) is 0. The van der Waals surface area contributed by atoms with Gasteiger partial charge in [0.25, 0.3) is 0 Å². The molecule has 1 aliphatic rings. The molecule has 0 aliphatic carbocycles. The monoisotopic (exact) mass is 232 g/mol. The number of rotatable bonds is 3. The maximum Gasteiger partial charge on any atom is 0.344 e. The van der Waals surface area contributed by atoms with Crippen LogP contribution in [0.15, 0.2) is 30.3 Å². The molecular weight excluding hydrogens is 220 g/mol. The highest BCUT2D eigenvalue weighted by atomic mass is 16.5. The summed E-state index contributed by atoms with van der Waals surface area (Å²) in [5, 5.41) is 0. The zero-order valence-electron chi connectivity index (χ0n) is 9.43. The molecule has 1 aliphatic heterocycles. The Morgan fingerprint density at radius 3 is 2.76 bits per heavy atom. The van der Waals surface area contributed by atoms with Gasteiger partial charge in [0.2, 0.25) is 0 Å². The quantitative estimate of drug-likeness (QED) is 0.749. The molecule has 0 N–H and O–H groups in total. The second kappa shape index (κ2) is 4.82. The molecule has 0 fully saturated rings. The summed E-state index contributed by atoms with van der Waals surface area (Å²) in [5.74, 6) is -0.0983. The summed E-state index contributed by atoms with van der Waals surface area (Å²) in [5.41, 5.74) is 1.35. The van der Waals surface area contributed by atoms with E-state index in [4.69, 9.17) is 4.74 Å². The third-order valence-corrected chi connectivity index (χ3v) is 2.52. The molecule has 0 saturated heterocycles. The van der Waals surface area contributed by atoms with E-state index in [1.165, 1.54) is 7.11 Å². The van der Waals surface area contributed by atoms with Crippen LogP contribution in [0.5, 0.6) is 0 Å². The van der Waals surface area contributed by atoms with E-state index >= 15 is 0 Å². The number of benzene rings is 1. The van der Waals surface area contributed by atoms with E-state index in [0.717, 1.165) is 5.56 Å². The van der Waals surface area contributed by atoms with Crippen molar-refractivity contribution < 1.29 is 19.1 Å². The molecule has 0 aromatic heterocycles. The second-order valence-corrected chi connectivity index (χ2v) is 3.62. The average Bonchev–Trinajstić information content (AvgIpc) is 2.67. The summed E-state index contributed by atoms with van der Waals surface area (Å²) >= 11 is 0. The number of carbonyl (C=O) groups excluding carboxylic acids is 2. The Labute approximate surface area is 98.8 Å². The molecule has 0 atom stereocenters. The summed E-state index contributed by atoms with van der Waals surface area (Å²) in [6.07, 6.45) is 2.50. The molecule has 2 rings (SSSR count). The van der Waals surface area contributed by atoms with Crippen LogP contribution in [0.2, 0.25) is 0 Å². The first-order valence-corrected chi connectivity index (χ1v) is 5.31. The largest absolute Gasteiger partial charge is 0.469 e. The Morgan fingerprint density at radius 2 is 2.06 bits per heavy atom. The van der Waals surface area contributed by atoms with Gasteiger partial charge in [-0.3, -0.25) is 4.79 Å². The third kappa shape index (κ3) is 2.36. The number of esters is 2. The predicted molar refractivity (Wildman–Crippen MR) is 61.1 cm³/mol. The molecule has 0 radical (unpaired) electrons. The van der Waals surface area contributed by atoms with E-state index in [9.17, 15) is 9.59 Å². The van der Waals surface area contributed by atoms with Gasteiger partial charge in [-0.2, -0.15) is 0 Å². The van der Waals surface area contributed by atoms with Crippen LogP contribution < -0.4 is 0 Å². The highest BCUT2D eigenvalue weighted by Crippen LogP contribution is 2.29. The SMILES string of the molecule is COC(=O)CC/C=C1/OC(=O)c2ccccc21. The summed E-state index contributed by atoms with van der Waals surface area (Å²) in [7, 11) is 1.35. The Kier molecular flexibility index (Phi) is 3.23. The summed E-state index contributed by atoms with van der Waals surface area (Å²) < 4.78 is 9.65. The summed E-state index contributed by atoms with van der Waals surface area (Å²) in [4.78, 5) is 22.4. The fourth-order valence-electron chi connectivity index (χ4n) is 1.66. The topological polar surface area (TPSA) is 52.6 Å². The lowest BCUT2D eigenvalue weighted by Gasteiger charge is -1.98.